The van der Waals surface area contributed by atoms with Crippen LogP contribution in [0.3, 0.4) is 0 Å². The molecule has 4 N–H and O–H groups in total. The van der Waals surface area contributed by atoms with Gasteiger partial charge in [0.25, 0.3) is 0 Å². The number of urea groups is 1. The van der Waals surface area contributed by atoms with Crippen LogP contribution in [0.1, 0.15) is 39.0 Å². The van der Waals surface area contributed by atoms with Gasteiger partial charge < -0.3 is 20.8 Å². The molecule has 3 unspecified atom stereocenters. The Morgan fingerprint density at radius 1 is 1.35 bits per heavy atom. The van der Waals surface area contributed by atoms with Gasteiger partial charge in [-0.15, -0.1) is 0 Å². The molecule has 0 aromatic carbocycles. The molecule has 2 amide bonds. The first kappa shape index (κ1) is 13.8. The van der Waals surface area contributed by atoms with Crippen molar-refractivity contribution in [2.75, 3.05) is 0 Å². The van der Waals surface area contributed by atoms with Gasteiger partial charge in [-0.1, -0.05) is 19.8 Å². The van der Waals surface area contributed by atoms with Crippen LogP contribution >= 0.6 is 0 Å². The third-order valence-corrected chi connectivity index (χ3v) is 3.06. The molecular formula is C11H20N2O4. The van der Waals surface area contributed by atoms with Crippen LogP contribution in [-0.2, 0) is 4.79 Å². The molecule has 0 aliphatic heterocycles. The van der Waals surface area contributed by atoms with Crippen LogP contribution in [0.25, 0.3) is 0 Å². The molecule has 0 spiro atoms. The zero-order valence-electron chi connectivity index (χ0n) is 9.98. The van der Waals surface area contributed by atoms with Crippen LogP contribution in [0.4, 0.5) is 4.79 Å². The van der Waals surface area contributed by atoms with E-state index in [0.717, 1.165) is 19.3 Å². The molecule has 0 heterocycles. The van der Waals surface area contributed by atoms with E-state index in [9.17, 15) is 14.7 Å². The number of aliphatic hydroxyl groups is 1. The first-order valence-corrected chi connectivity index (χ1v) is 6.02. The third kappa shape index (κ3) is 4.22. The number of carboxylic acids is 1. The minimum Gasteiger partial charge on any atom is -0.480 e. The normalized spacial score (nSPS) is 26.0. The molecule has 0 bridgehead atoms. The largest absolute Gasteiger partial charge is 0.480 e. The Balaban J connectivity index is 2.40. The van der Waals surface area contributed by atoms with E-state index in [4.69, 9.17) is 5.11 Å². The zero-order chi connectivity index (χ0) is 12.8. The Kier molecular flexibility index (Phi) is 5.21. The summed E-state index contributed by atoms with van der Waals surface area (Å²) in [5, 5.41) is 23.4. The maximum absolute atomic E-state index is 11.5. The van der Waals surface area contributed by atoms with Crippen molar-refractivity contribution in [2.24, 2.45) is 0 Å². The van der Waals surface area contributed by atoms with E-state index in [-0.39, 0.29) is 6.04 Å². The van der Waals surface area contributed by atoms with Crippen molar-refractivity contribution in [3.63, 3.8) is 0 Å². The maximum Gasteiger partial charge on any atom is 0.326 e. The van der Waals surface area contributed by atoms with Gasteiger partial charge in [0.15, 0.2) is 0 Å². The lowest BCUT2D eigenvalue weighted by molar-refractivity contribution is -0.139. The number of aliphatic carboxylic acids is 1. The topological polar surface area (TPSA) is 98.7 Å². The molecule has 1 aliphatic rings. The van der Waals surface area contributed by atoms with Crippen molar-refractivity contribution in [1.82, 2.24) is 10.6 Å². The molecule has 1 rings (SSSR count). The predicted molar refractivity (Wildman–Crippen MR) is 61.6 cm³/mol. The Hall–Kier alpha value is -1.30. The summed E-state index contributed by atoms with van der Waals surface area (Å²) in [5.74, 6) is -1.05. The van der Waals surface area contributed by atoms with E-state index >= 15 is 0 Å². The van der Waals surface area contributed by atoms with Crippen LogP contribution in [0, 0.1) is 0 Å². The second-order valence-corrected chi connectivity index (χ2v) is 4.38. The summed E-state index contributed by atoms with van der Waals surface area (Å²) < 4.78 is 0. The first-order valence-electron chi connectivity index (χ1n) is 6.02. The number of hydrogen-bond acceptors (Lipinski definition) is 3. The summed E-state index contributed by atoms with van der Waals surface area (Å²) in [6.45, 7) is 1.69. The molecule has 3 atom stereocenters. The number of carboxylic acid groups (broad SMARTS) is 1. The van der Waals surface area contributed by atoms with Crippen LogP contribution < -0.4 is 10.6 Å². The maximum atomic E-state index is 11.5. The summed E-state index contributed by atoms with van der Waals surface area (Å²) in [6, 6.07) is -1.67. The minimum atomic E-state index is -1.05. The number of carbonyl (C=O) groups is 2. The second kappa shape index (κ2) is 6.44. The van der Waals surface area contributed by atoms with Crippen LogP contribution in [0.5, 0.6) is 0 Å². The van der Waals surface area contributed by atoms with Gasteiger partial charge in [-0.05, 0) is 19.3 Å². The Morgan fingerprint density at radius 3 is 2.53 bits per heavy atom. The fraction of sp³-hybridized carbons (Fsp3) is 0.818. The smallest absolute Gasteiger partial charge is 0.326 e. The van der Waals surface area contributed by atoms with Crippen molar-refractivity contribution < 1.29 is 19.8 Å². The Labute approximate surface area is 100 Å². The average Bonchev–Trinajstić information content (AvgIpc) is 2.28. The predicted octanol–water partition coefficient (Wildman–Crippen LogP) is 0.452. The molecule has 1 saturated carbocycles. The van der Waals surface area contributed by atoms with E-state index in [2.05, 4.69) is 10.6 Å². The van der Waals surface area contributed by atoms with Crippen LogP contribution in [-0.4, -0.2) is 40.4 Å². The summed E-state index contributed by atoms with van der Waals surface area (Å²) in [4.78, 5) is 22.3. The van der Waals surface area contributed by atoms with E-state index in [0.29, 0.717) is 12.8 Å². The second-order valence-electron chi connectivity index (χ2n) is 4.38. The number of carbonyl (C=O) groups excluding carboxylic acids is 1. The number of nitrogens with one attached hydrogen (secondary N) is 2. The fourth-order valence-corrected chi connectivity index (χ4v) is 1.99. The van der Waals surface area contributed by atoms with Gasteiger partial charge in [-0.2, -0.15) is 0 Å². The molecule has 17 heavy (non-hydrogen) atoms. The molecule has 0 radical (unpaired) electrons. The standard InChI is InChI=1S/C11H20N2O4/c1-2-7(10(15)16)12-11(17)13-8-5-3-4-6-9(8)14/h7-9,14H,2-6H2,1H3,(H,15,16)(H2,12,13,17). The average molecular weight is 244 g/mol. The van der Waals surface area contributed by atoms with E-state index in [1.54, 1.807) is 6.92 Å². The van der Waals surface area contributed by atoms with E-state index in [1.807, 2.05) is 0 Å². The highest BCUT2D eigenvalue weighted by Gasteiger charge is 2.26. The summed E-state index contributed by atoms with van der Waals surface area (Å²) >= 11 is 0. The van der Waals surface area contributed by atoms with Gasteiger partial charge in [0, 0.05) is 0 Å². The molecular weight excluding hydrogens is 224 g/mol. The molecule has 1 fully saturated rings. The number of aliphatic hydroxyl groups excluding tert-OH is 1. The molecule has 1 aliphatic carbocycles. The van der Waals surface area contributed by atoms with Crippen molar-refractivity contribution >= 4 is 12.0 Å². The lowest BCUT2D eigenvalue weighted by Gasteiger charge is -2.28. The van der Waals surface area contributed by atoms with Crippen molar-refractivity contribution in [3.8, 4) is 0 Å². The molecule has 6 heteroatoms. The highest BCUT2D eigenvalue weighted by Crippen LogP contribution is 2.18. The summed E-state index contributed by atoms with van der Waals surface area (Å²) in [5.41, 5.74) is 0. The van der Waals surface area contributed by atoms with Gasteiger partial charge in [-0.25, -0.2) is 9.59 Å². The zero-order valence-corrected chi connectivity index (χ0v) is 9.98. The minimum absolute atomic E-state index is 0.268. The molecule has 0 aromatic rings. The van der Waals surface area contributed by atoms with Gasteiger partial charge >= 0.3 is 12.0 Å². The number of rotatable bonds is 4. The van der Waals surface area contributed by atoms with Crippen LogP contribution in [0.15, 0.2) is 0 Å². The molecule has 0 aromatic heterocycles. The SMILES string of the molecule is CCC(NC(=O)NC1CCCCC1O)C(=O)O. The molecule has 0 saturated heterocycles. The van der Waals surface area contributed by atoms with E-state index in [1.165, 1.54) is 0 Å². The van der Waals surface area contributed by atoms with E-state index < -0.39 is 24.1 Å². The lowest BCUT2D eigenvalue weighted by atomic mass is 9.93. The Morgan fingerprint density at radius 2 is 2.00 bits per heavy atom. The van der Waals surface area contributed by atoms with Crippen LogP contribution in [0.2, 0.25) is 0 Å². The Bertz CT molecular complexity index is 283. The summed E-state index contributed by atoms with van der Waals surface area (Å²) in [7, 11) is 0. The third-order valence-electron chi connectivity index (χ3n) is 3.06. The monoisotopic (exact) mass is 244 g/mol. The van der Waals surface area contributed by atoms with Crippen molar-refractivity contribution in [1.29, 1.82) is 0 Å². The van der Waals surface area contributed by atoms with Crippen molar-refractivity contribution in [2.45, 2.75) is 57.2 Å². The van der Waals surface area contributed by atoms with Gasteiger partial charge in [0.2, 0.25) is 0 Å². The lowest BCUT2D eigenvalue weighted by Crippen LogP contribution is -2.52. The van der Waals surface area contributed by atoms with Gasteiger partial charge in [0.1, 0.15) is 6.04 Å². The highest BCUT2D eigenvalue weighted by molar-refractivity contribution is 5.82. The van der Waals surface area contributed by atoms with Gasteiger partial charge in [-0.3, -0.25) is 0 Å². The fourth-order valence-electron chi connectivity index (χ4n) is 1.99. The quantitative estimate of drug-likeness (QED) is 0.577. The van der Waals surface area contributed by atoms with Gasteiger partial charge in [0.05, 0.1) is 12.1 Å². The molecule has 6 nitrogen and oxygen atoms in total. The summed E-state index contributed by atoms with van der Waals surface area (Å²) in [6.07, 6.45) is 3.15. The molecule has 98 valence electrons. The van der Waals surface area contributed by atoms with Crippen molar-refractivity contribution in [3.05, 3.63) is 0 Å². The number of amides is 2. The number of hydrogen-bond donors (Lipinski definition) is 4. The highest BCUT2D eigenvalue weighted by atomic mass is 16.4. The first-order chi connectivity index (χ1) is 8.04.